The van der Waals surface area contributed by atoms with Gasteiger partial charge in [-0.1, -0.05) is 89.1 Å². The molecule has 0 unspecified atom stereocenters. The number of rotatable bonds is 8. The lowest BCUT2D eigenvalue weighted by Crippen LogP contribution is -2.26. The Balaban J connectivity index is 1.97. The minimum Gasteiger partial charge on any atom is -0.428 e. The molecular formula is C45H59O6P. The molecule has 52 heavy (non-hydrogen) atoms. The molecule has 280 valence electrons. The van der Waals surface area contributed by atoms with Crippen molar-refractivity contribution in [2.24, 2.45) is 0 Å². The highest BCUT2D eigenvalue weighted by Crippen LogP contribution is 2.52. The molecule has 0 N–H and O–H groups in total. The van der Waals surface area contributed by atoms with Crippen LogP contribution in [0.25, 0.3) is 11.1 Å². The molecule has 4 rings (SSSR count). The Morgan fingerprint density at radius 3 is 1.17 bits per heavy atom. The van der Waals surface area contributed by atoms with Crippen molar-refractivity contribution < 1.29 is 27.8 Å². The topological polar surface area (TPSA) is 63.2 Å². The summed E-state index contributed by atoms with van der Waals surface area (Å²) in [7, 11) is -2.09. The van der Waals surface area contributed by atoms with Gasteiger partial charge in [-0.15, -0.1) is 0 Å². The zero-order valence-electron chi connectivity index (χ0n) is 34.5. The van der Waals surface area contributed by atoms with Gasteiger partial charge in [0.1, 0.15) is 28.6 Å². The first-order valence-electron chi connectivity index (χ1n) is 18.0. The third kappa shape index (κ3) is 9.89. The monoisotopic (exact) mass is 726 g/mol. The summed E-state index contributed by atoms with van der Waals surface area (Å²) < 4.78 is 32.6. The Morgan fingerprint density at radius 2 is 0.788 bits per heavy atom. The van der Waals surface area contributed by atoms with Gasteiger partial charge in [-0.25, -0.2) is 4.79 Å². The van der Waals surface area contributed by atoms with Crippen LogP contribution in [0.15, 0.2) is 48.5 Å². The largest absolute Gasteiger partial charge is 0.530 e. The van der Waals surface area contributed by atoms with Crippen LogP contribution in [0.5, 0.6) is 23.0 Å². The first-order chi connectivity index (χ1) is 23.8. The SMILES string of the molecule is Cc1cc(C)c(OC(=O)OC(C)(C)C)c(-c2cc(C)cc(C)c2OP(Oc2c(C)cc(C)cc2C(C)(C)C)Oc2c(C)cc(C)cc2C(C)(C)C)c1. The molecule has 0 atom stereocenters. The van der Waals surface area contributed by atoms with E-state index in [1.54, 1.807) is 0 Å². The molecule has 4 aromatic rings. The van der Waals surface area contributed by atoms with Crippen LogP contribution in [-0.2, 0) is 15.6 Å². The molecule has 0 radical (unpaired) electrons. The number of carbonyl (C=O) groups is 1. The molecule has 0 aliphatic carbocycles. The van der Waals surface area contributed by atoms with E-state index in [1.807, 2.05) is 60.6 Å². The number of hydrogen-bond acceptors (Lipinski definition) is 6. The second kappa shape index (κ2) is 15.1. The first kappa shape index (κ1) is 40.7. The van der Waals surface area contributed by atoms with E-state index in [9.17, 15) is 4.79 Å². The minimum absolute atomic E-state index is 0.207. The Bertz CT molecular complexity index is 1900. The molecule has 7 heteroatoms. The van der Waals surface area contributed by atoms with E-state index in [1.165, 1.54) is 0 Å². The molecule has 0 aromatic heterocycles. The van der Waals surface area contributed by atoms with Gasteiger partial charge in [-0.2, -0.15) is 0 Å². The summed E-state index contributed by atoms with van der Waals surface area (Å²) >= 11 is 0. The molecule has 0 saturated carbocycles. The minimum atomic E-state index is -2.09. The van der Waals surface area contributed by atoms with Crippen molar-refractivity contribution in [1.82, 2.24) is 0 Å². The van der Waals surface area contributed by atoms with Crippen molar-refractivity contribution in [3.63, 3.8) is 0 Å². The van der Waals surface area contributed by atoms with Gasteiger partial charge >= 0.3 is 14.8 Å². The zero-order valence-corrected chi connectivity index (χ0v) is 35.4. The van der Waals surface area contributed by atoms with Crippen LogP contribution in [0, 0.1) is 55.4 Å². The highest BCUT2D eigenvalue weighted by molar-refractivity contribution is 7.43. The van der Waals surface area contributed by atoms with E-state index in [2.05, 4.69) is 106 Å². The molecule has 0 saturated heterocycles. The predicted octanol–water partition coefficient (Wildman–Crippen LogP) is 13.5. The number of aryl methyl sites for hydroxylation is 8. The molecule has 0 amide bonds. The quantitative estimate of drug-likeness (QED) is 0.102. The van der Waals surface area contributed by atoms with Crippen molar-refractivity contribution in [2.75, 3.05) is 0 Å². The van der Waals surface area contributed by atoms with E-state index < -0.39 is 20.4 Å². The molecule has 6 nitrogen and oxygen atoms in total. The summed E-state index contributed by atoms with van der Waals surface area (Å²) in [5, 5.41) is 0. The lowest BCUT2D eigenvalue weighted by atomic mass is 9.84. The van der Waals surface area contributed by atoms with Gasteiger partial charge in [-0.05, 0) is 133 Å². The molecule has 0 fully saturated rings. The molecule has 4 aromatic carbocycles. The van der Waals surface area contributed by atoms with E-state index in [0.29, 0.717) is 17.1 Å². The molecule has 0 aliphatic rings. The fourth-order valence-corrected chi connectivity index (χ4v) is 7.75. The lowest BCUT2D eigenvalue weighted by Gasteiger charge is -2.30. The third-order valence-corrected chi connectivity index (χ3v) is 9.65. The molecule has 0 heterocycles. The summed E-state index contributed by atoms with van der Waals surface area (Å²) in [6.45, 7) is 35.0. The van der Waals surface area contributed by atoms with Gasteiger partial charge in [-0.3, -0.25) is 0 Å². The Kier molecular flexibility index (Phi) is 11.9. The lowest BCUT2D eigenvalue weighted by molar-refractivity contribution is 0.0205. The maximum Gasteiger partial charge on any atom is 0.530 e. The Labute approximate surface area is 314 Å². The van der Waals surface area contributed by atoms with Crippen LogP contribution in [0.2, 0.25) is 0 Å². The van der Waals surface area contributed by atoms with Gasteiger partial charge in [0, 0.05) is 22.3 Å². The fraction of sp³-hybridized carbons (Fsp3) is 0.444. The number of ether oxygens (including phenoxy) is 2. The van der Waals surface area contributed by atoms with Crippen LogP contribution in [-0.4, -0.2) is 11.8 Å². The zero-order chi connectivity index (χ0) is 39.1. The summed E-state index contributed by atoms with van der Waals surface area (Å²) in [4.78, 5) is 13.1. The average molecular weight is 727 g/mol. The van der Waals surface area contributed by atoms with Crippen LogP contribution >= 0.6 is 8.60 Å². The van der Waals surface area contributed by atoms with Crippen molar-refractivity contribution in [2.45, 2.75) is 134 Å². The highest BCUT2D eigenvalue weighted by atomic mass is 31.2. The number of hydrogen-bond donors (Lipinski definition) is 0. The van der Waals surface area contributed by atoms with E-state index in [4.69, 9.17) is 23.0 Å². The summed E-state index contributed by atoms with van der Waals surface area (Å²) in [6, 6.07) is 16.8. The van der Waals surface area contributed by atoms with Gasteiger partial charge in [0.15, 0.2) is 0 Å². The molecule has 0 aliphatic heterocycles. The van der Waals surface area contributed by atoms with Crippen LogP contribution < -0.4 is 18.3 Å². The fourth-order valence-electron chi connectivity index (χ4n) is 6.46. The number of carbonyl (C=O) groups excluding carboxylic acids is 1. The maximum atomic E-state index is 13.1. The van der Waals surface area contributed by atoms with Crippen LogP contribution in [0.1, 0.15) is 118 Å². The highest BCUT2D eigenvalue weighted by Gasteiger charge is 2.32. The summed E-state index contributed by atoms with van der Waals surface area (Å²) in [5.41, 5.74) is 10.6. The van der Waals surface area contributed by atoms with Gasteiger partial charge < -0.3 is 23.0 Å². The van der Waals surface area contributed by atoms with Crippen LogP contribution in [0.4, 0.5) is 4.79 Å². The van der Waals surface area contributed by atoms with E-state index in [-0.39, 0.29) is 10.8 Å². The smallest absolute Gasteiger partial charge is 0.428 e. The summed E-state index contributed by atoms with van der Waals surface area (Å²) in [5.74, 6) is 2.49. The number of benzene rings is 4. The third-order valence-electron chi connectivity index (χ3n) is 8.65. The second-order valence-electron chi connectivity index (χ2n) is 17.4. The van der Waals surface area contributed by atoms with Crippen LogP contribution in [0.3, 0.4) is 0 Å². The average Bonchev–Trinajstić information content (AvgIpc) is 2.95. The standard InChI is InChI=1S/C45H59O6P/c1-26-18-30(5)38(47-42(46)48-45(15,16)17)34(22-26)35-23-27(2)19-31(6)39(35)49-52(50-40-32(7)20-28(3)24-36(40)43(9,10)11)51-41-33(8)21-29(4)25-37(41)44(12,13)14/h18-25H,1-17H3. The maximum absolute atomic E-state index is 13.1. The van der Waals surface area contributed by atoms with Gasteiger partial charge in [0.05, 0.1) is 0 Å². The van der Waals surface area contributed by atoms with Gasteiger partial charge in [0.25, 0.3) is 0 Å². The molecule has 0 bridgehead atoms. The summed E-state index contributed by atoms with van der Waals surface area (Å²) in [6.07, 6.45) is -0.768. The van der Waals surface area contributed by atoms with E-state index >= 15 is 0 Å². The van der Waals surface area contributed by atoms with E-state index in [0.717, 1.165) is 72.7 Å². The van der Waals surface area contributed by atoms with Crippen molar-refractivity contribution in [3.8, 4) is 34.1 Å². The normalized spacial score (nSPS) is 12.2. The Morgan fingerprint density at radius 1 is 0.462 bits per heavy atom. The van der Waals surface area contributed by atoms with Crippen molar-refractivity contribution in [3.05, 3.63) is 104 Å². The molecular weight excluding hydrogens is 667 g/mol. The predicted molar refractivity (Wildman–Crippen MR) is 216 cm³/mol. The van der Waals surface area contributed by atoms with Crippen molar-refractivity contribution >= 4 is 14.8 Å². The Hall–Kier alpha value is -4.02. The first-order valence-corrected chi connectivity index (χ1v) is 19.1. The van der Waals surface area contributed by atoms with Crippen molar-refractivity contribution in [1.29, 1.82) is 0 Å². The second-order valence-corrected chi connectivity index (χ2v) is 18.4. The molecule has 0 spiro atoms. The van der Waals surface area contributed by atoms with Gasteiger partial charge in [0.2, 0.25) is 0 Å².